The van der Waals surface area contributed by atoms with E-state index in [1.54, 1.807) is 0 Å². The van der Waals surface area contributed by atoms with Crippen molar-refractivity contribution in [3.8, 4) is 0 Å². The Morgan fingerprint density at radius 2 is 1.31 bits per heavy atom. The van der Waals surface area contributed by atoms with Crippen molar-refractivity contribution in [1.82, 2.24) is 0 Å². The van der Waals surface area contributed by atoms with Gasteiger partial charge in [0, 0.05) is 6.42 Å². The zero-order chi connectivity index (χ0) is 21.4. The number of esters is 1. The molecule has 0 fully saturated rings. The normalized spacial score (nSPS) is 13.6. The minimum Gasteiger partial charge on any atom is -0.464 e. The van der Waals surface area contributed by atoms with Gasteiger partial charge in [-0.25, -0.2) is 0 Å². The van der Waals surface area contributed by atoms with Crippen LogP contribution < -0.4 is 5.73 Å². The lowest BCUT2D eigenvalue weighted by atomic mass is 10.2. The predicted molar refractivity (Wildman–Crippen MR) is 124 cm³/mol. The van der Waals surface area contributed by atoms with Gasteiger partial charge in [-0.05, 0) is 44.9 Å². The second kappa shape index (κ2) is 22.4. The Morgan fingerprint density at radius 3 is 1.79 bits per heavy atom. The van der Waals surface area contributed by atoms with Crippen molar-refractivity contribution in [2.24, 2.45) is 5.73 Å². The fourth-order valence-corrected chi connectivity index (χ4v) is 2.36. The molecular formula is C25H41NO3. The second-order valence-corrected chi connectivity index (χ2v) is 6.96. The van der Waals surface area contributed by atoms with Crippen LogP contribution in [0.3, 0.4) is 0 Å². The van der Waals surface area contributed by atoms with Crippen molar-refractivity contribution in [1.29, 1.82) is 0 Å². The van der Waals surface area contributed by atoms with Gasteiger partial charge in [0.2, 0.25) is 0 Å². The van der Waals surface area contributed by atoms with Crippen molar-refractivity contribution in [3.63, 3.8) is 0 Å². The Bertz CT molecular complexity index is 518. The van der Waals surface area contributed by atoms with Crippen LogP contribution in [0.5, 0.6) is 0 Å². The molecule has 3 N–H and O–H groups in total. The molecule has 0 saturated heterocycles. The number of hydrogen-bond acceptors (Lipinski definition) is 4. The number of allylic oxidation sites excluding steroid dienone is 10. The summed E-state index contributed by atoms with van der Waals surface area (Å²) in [5.41, 5.74) is 5.46. The fourth-order valence-electron chi connectivity index (χ4n) is 2.36. The molecule has 0 aromatic carbocycles. The molecule has 1 atom stereocenters. The number of aliphatic hydroxyl groups is 1. The highest BCUT2D eigenvalue weighted by molar-refractivity contribution is 5.69. The monoisotopic (exact) mass is 403 g/mol. The minimum atomic E-state index is -0.494. The summed E-state index contributed by atoms with van der Waals surface area (Å²) < 4.78 is 4.94. The Balaban J connectivity index is 3.55. The van der Waals surface area contributed by atoms with Gasteiger partial charge >= 0.3 is 5.97 Å². The van der Waals surface area contributed by atoms with Crippen LogP contribution in [0.15, 0.2) is 60.8 Å². The molecule has 0 radical (unpaired) electrons. The molecule has 0 rings (SSSR count). The van der Waals surface area contributed by atoms with Crippen molar-refractivity contribution in [2.45, 2.75) is 77.2 Å². The van der Waals surface area contributed by atoms with Gasteiger partial charge in [-0.15, -0.1) is 0 Å². The van der Waals surface area contributed by atoms with Crippen molar-refractivity contribution >= 4 is 5.97 Å². The molecule has 0 aromatic heterocycles. The van der Waals surface area contributed by atoms with E-state index >= 15 is 0 Å². The molecule has 0 bridgehead atoms. The summed E-state index contributed by atoms with van der Waals surface area (Å²) in [6.45, 7) is 2.13. The van der Waals surface area contributed by atoms with E-state index in [1.165, 1.54) is 25.7 Å². The minimum absolute atomic E-state index is 0.0707. The second-order valence-electron chi connectivity index (χ2n) is 6.96. The molecule has 4 heteroatoms. The number of ether oxygens (including phenoxy) is 1. The number of unbranched alkanes of at least 4 members (excludes halogenated alkanes) is 3. The molecule has 0 aliphatic heterocycles. The van der Waals surface area contributed by atoms with Crippen LogP contribution in [0.1, 0.15) is 71.1 Å². The first kappa shape index (κ1) is 27.1. The molecule has 1 unspecified atom stereocenters. The molecule has 4 nitrogen and oxygen atoms in total. The average molecular weight is 404 g/mol. The Labute approximate surface area is 177 Å². The summed E-state index contributed by atoms with van der Waals surface area (Å²) in [7, 11) is 0. The molecule has 0 amide bonds. The maximum atomic E-state index is 11.4. The Kier molecular flexibility index (Phi) is 20.9. The quantitative estimate of drug-likeness (QED) is 0.179. The third kappa shape index (κ3) is 22.2. The van der Waals surface area contributed by atoms with Crippen LogP contribution in [0.4, 0.5) is 0 Å². The van der Waals surface area contributed by atoms with E-state index in [0.717, 1.165) is 25.7 Å². The molecule has 0 heterocycles. The first-order valence-electron chi connectivity index (χ1n) is 11.0. The van der Waals surface area contributed by atoms with Crippen LogP contribution in [-0.2, 0) is 9.53 Å². The summed E-state index contributed by atoms with van der Waals surface area (Å²) in [6.07, 6.45) is 31.6. The first-order chi connectivity index (χ1) is 14.2. The Morgan fingerprint density at radius 1 is 0.828 bits per heavy atom. The number of rotatable bonds is 18. The van der Waals surface area contributed by atoms with Gasteiger partial charge in [-0.2, -0.15) is 0 Å². The largest absolute Gasteiger partial charge is 0.464 e. The maximum Gasteiger partial charge on any atom is 0.306 e. The summed E-state index contributed by atoms with van der Waals surface area (Å²) in [5.74, 6) is -0.281. The summed E-state index contributed by atoms with van der Waals surface area (Å²) in [4.78, 5) is 11.4. The van der Waals surface area contributed by atoms with Crippen LogP contribution in [0, 0.1) is 0 Å². The smallest absolute Gasteiger partial charge is 0.306 e. The van der Waals surface area contributed by atoms with Gasteiger partial charge in [0.25, 0.3) is 0 Å². The summed E-state index contributed by atoms with van der Waals surface area (Å²) >= 11 is 0. The highest BCUT2D eigenvalue weighted by Crippen LogP contribution is 2.01. The van der Waals surface area contributed by atoms with Crippen molar-refractivity contribution in [2.75, 3.05) is 13.2 Å². The number of hydrogen-bond donors (Lipinski definition) is 2. The lowest BCUT2D eigenvalue weighted by Crippen LogP contribution is -2.31. The van der Waals surface area contributed by atoms with E-state index in [1.807, 2.05) is 12.2 Å². The fraction of sp³-hybridized carbons (Fsp3) is 0.560. The third-order valence-corrected chi connectivity index (χ3v) is 4.10. The lowest BCUT2D eigenvalue weighted by molar-refractivity contribution is -0.144. The maximum absolute atomic E-state index is 11.4. The highest BCUT2D eigenvalue weighted by Gasteiger charge is 2.05. The molecule has 164 valence electrons. The van der Waals surface area contributed by atoms with Gasteiger partial charge in [-0.1, -0.05) is 80.5 Å². The van der Waals surface area contributed by atoms with E-state index in [4.69, 9.17) is 15.6 Å². The molecule has 29 heavy (non-hydrogen) atoms. The van der Waals surface area contributed by atoms with Crippen LogP contribution in [0.2, 0.25) is 0 Å². The van der Waals surface area contributed by atoms with Gasteiger partial charge < -0.3 is 15.6 Å². The number of nitrogens with two attached hydrogens (primary N) is 1. The van der Waals surface area contributed by atoms with E-state index in [9.17, 15) is 4.79 Å². The number of aliphatic hydroxyl groups excluding tert-OH is 1. The third-order valence-electron chi connectivity index (χ3n) is 4.10. The molecule has 0 aliphatic rings. The topological polar surface area (TPSA) is 72.5 Å². The van der Waals surface area contributed by atoms with Crippen LogP contribution >= 0.6 is 0 Å². The SMILES string of the molecule is CCCCC/C=C\C/C=C\C/C=C\C/C=C\C/C=C\CCC(=O)OCC(N)CO. The summed E-state index contributed by atoms with van der Waals surface area (Å²) in [6, 6.07) is -0.494. The summed E-state index contributed by atoms with van der Waals surface area (Å²) in [5, 5.41) is 8.75. The van der Waals surface area contributed by atoms with E-state index in [-0.39, 0.29) is 19.2 Å². The standard InChI is InChI=1S/C25H41NO3/c1-2-3-4-5-6-7-8-9-10-11-12-13-14-15-16-17-18-19-20-21-25(28)29-23-24(26)22-27/h6-7,9-10,12-13,15-16,18-19,24,27H,2-5,8,11,14,17,20-23,26H2,1H3/b7-6-,10-9-,13-12-,16-15-,19-18-. The number of carbonyl (C=O) groups excluding carboxylic acids is 1. The van der Waals surface area contributed by atoms with Gasteiger partial charge in [-0.3, -0.25) is 4.79 Å². The number of carbonyl (C=O) groups is 1. The highest BCUT2D eigenvalue weighted by atomic mass is 16.5. The molecule has 0 spiro atoms. The average Bonchev–Trinajstić information content (AvgIpc) is 2.73. The van der Waals surface area contributed by atoms with Gasteiger partial charge in [0.15, 0.2) is 0 Å². The molecule has 0 aromatic rings. The predicted octanol–water partition coefficient (Wildman–Crippen LogP) is 5.55. The van der Waals surface area contributed by atoms with E-state index in [0.29, 0.717) is 12.8 Å². The molecule has 0 aliphatic carbocycles. The zero-order valence-corrected chi connectivity index (χ0v) is 18.2. The van der Waals surface area contributed by atoms with E-state index in [2.05, 4.69) is 55.5 Å². The first-order valence-corrected chi connectivity index (χ1v) is 11.0. The molecular weight excluding hydrogens is 362 g/mol. The van der Waals surface area contributed by atoms with Gasteiger partial charge in [0.1, 0.15) is 6.61 Å². The van der Waals surface area contributed by atoms with Crippen LogP contribution in [0.25, 0.3) is 0 Å². The zero-order valence-electron chi connectivity index (χ0n) is 18.2. The van der Waals surface area contributed by atoms with Crippen molar-refractivity contribution < 1.29 is 14.6 Å². The van der Waals surface area contributed by atoms with Gasteiger partial charge in [0.05, 0.1) is 12.6 Å². The van der Waals surface area contributed by atoms with E-state index < -0.39 is 6.04 Å². The van der Waals surface area contributed by atoms with Crippen LogP contribution in [-0.4, -0.2) is 30.3 Å². The van der Waals surface area contributed by atoms with Crippen molar-refractivity contribution in [3.05, 3.63) is 60.8 Å². The lowest BCUT2D eigenvalue weighted by Gasteiger charge is -2.08. The Hall–Kier alpha value is -1.91. The molecule has 0 saturated carbocycles.